The van der Waals surface area contributed by atoms with Gasteiger partial charge in [0.1, 0.15) is 11.6 Å². The molecule has 4 nitrogen and oxygen atoms in total. The summed E-state index contributed by atoms with van der Waals surface area (Å²) in [4.78, 5) is 4.37. The maximum atomic E-state index is 13.7. The van der Waals surface area contributed by atoms with Crippen LogP contribution in [0.1, 0.15) is 18.2 Å². The van der Waals surface area contributed by atoms with Crippen molar-refractivity contribution < 1.29 is 8.81 Å². The second kappa shape index (κ2) is 9.83. The van der Waals surface area contributed by atoms with Crippen LogP contribution in [-0.2, 0) is 13.1 Å². The highest BCUT2D eigenvalue weighted by Crippen LogP contribution is 2.15. The molecule has 0 fully saturated rings. The first-order valence-electron chi connectivity index (χ1n) is 6.67. The number of furan rings is 1. The van der Waals surface area contributed by atoms with E-state index in [4.69, 9.17) is 4.42 Å². The Hall–Kier alpha value is -1.09. The molecule has 0 radical (unpaired) electrons. The van der Waals surface area contributed by atoms with E-state index in [0.29, 0.717) is 18.1 Å². The number of nitrogens with zero attached hydrogens (tertiary/aromatic N) is 1. The Balaban J connectivity index is 0.00000242. The van der Waals surface area contributed by atoms with Crippen molar-refractivity contribution in [3.63, 3.8) is 0 Å². The monoisotopic (exact) mass is 481 g/mol. The molecule has 2 rings (SSSR count). The number of aliphatic imine (C=N–C) groups is 1. The molecule has 0 bridgehead atoms. The minimum atomic E-state index is -0.269. The van der Waals surface area contributed by atoms with Gasteiger partial charge in [-0.15, -0.1) is 24.0 Å². The van der Waals surface area contributed by atoms with Crippen LogP contribution in [0.5, 0.6) is 0 Å². The van der Waals surface area contributed by atoms with Crippen molar-refractivity contribution in [2.24, 2.45) is 4.99 Å². The van der Waals surface area contributed by atoms with Crippen LogP contribution in [0.2, 0.25) is 0 Å². The minimum absolute atomic E-state index is 0. The van der Waals surface area contributed by atoms with E-state index in [1.165, 1.54) is 6.07 Å². The van der Waals surface area contributed by atoms with Crippen LogP contribution in [-0.4, -0.2) is 12.5 Å². The molecule has 0 aliphatic heterocycles. The number of rotatable bonds is 5. The average Bonchev–Trinajstić information content (AvgIpc) is 2.96. The molecule has 22 heavy (non-hydrogen) atoms. The van der Waals surface area contributed by atoms with Crippen molar-refractivity contribution in [1.29, 1.82) is 0 Å². The molecule has 1 aromatic carbocycles. The maximum Gasteiger partial charge on any atom is 0.191 e. The highest BCUT2D eigenvalue weighted by atomic mass is 127. The lowest BCUT2D eigenvalue weighted by molar-refractivity contribution is 0.501. The predicted molar refractivity (Wildman–Crippen MR) is 99.9 cm³/mol. The van der Waals surface area contributed by atoms with E-state index in [2.05, 4.69) is 31.6 Å². The third kappa shape index (κ3) is 5.96. The second-order valence-corrected chi connectivity index (χ2v) is 5.28. The summed E-state index contributed by atoms with van der Waals surface area (Å²) in [5.74, 6) is 1.17. The first-order chi connectivity index (χ1) is 10.2. The fourth-order valence-electron chi connectivity index (χ4n) is 1.74. The Kier molecular flexibility index (Phi) is 8.47. The van der Waals surface area contributed by atoms with Gasteiger partial charge in [-0.25, -0.2) is 9.38 Å². The van der Waals surface area contributed by atoms with Gasteiger partial charge in [0.25, 0.3) is 0 Å². The quantitative estimate of drug-likeness (QED) is 0.384. The Labute approximate surface area is 154 Å². The van der Waals surface area contributed by atoms with Crippen LogP contribution in [0.3, 0.4) is 0 Å². The normalized spacial score (nSPS) is 11.0. The molecule has 0 atom stereocenters. The molecule has 1 aromatic heterocycles. The van der Waals surface area contributed by atoms with Crippen molar-refractivity contribution >= 4 is 45.9 Å². The van der Waals surface area contributed by atoms with Crippen LogP contribution >= 0.6 is 39.9 Å². The van der Waals surface area contributed by atoms with E-state index in [-0.39, 0.29) is 36.3 Å². The van der Waals surface area contributed by atoms with Gasteiger partial charge in [0, 0.05) is 16.6 Å². The zero-order chi connectivity index (χ0) is 15.1. The van der Waals surface area contributed by atoms with Gasteiger partial charge in [-0.1, -0.05) is 22.0 Å². The molecule has 7 heteroatoms. The molecule has 0 saturated carbocycles. The fraction of sp³-hybridized carbons (Fsp3) is 0.267. The number of benzene rings is 1. The SMILES string of the molecule is CCNC(=NCc1ccc(Br)cc1F)NCc1ccco1.I. The van der Waals surface area contributed by atoms with Gasteiger partial charge in [-0.05, 0) is 31.2 Å². The third-order valence-electron chi connectivity index (χ3n) is 2.78. The zero-order valence-corrected chi connectivity index (χ0v) is 16.0. The van der Waals surface area contributed by atoms with Crippen molar-refractivity contribution in [3.05, 3.63) is 58.2 Å². The second-order valence-electron chi connectivity index (χ2n) is 4.36. The lowest BCUT2D eigenvalue weighted by Crippen LogP contribution is -2.36. The summed E-state index contributed by atoms with van der Waals surface area (Å²) in [6.07, 6.45) is 1.62. The summed E-state index contributed by atoms with van der Waals surface area (Å²) in [6.45, 7) is 3.51. The Morgan fingerprint density at radius 3 is 2.77 bits per heavy atom. The van der Waals surface area contributed by atoms with Gasteiger partial charge >= 0.3 is 0 Å². The summed E-state index contributed by atoms with van der Waals surface area (Å²) >= 11 is 3.24. The smallest absolute Gasteiger partial charge is 0.191 e. The molecule has 0 spiro atoms. The van der Waals surface area contributed by atoms with E-state index in [1.807, 2.05) is 19.1 Å². The summed E-state index contributed by atoms with van der Waals surface area (Å²) in [5, 5.41) is 6.25. The third-order valence-corrected chi connectivity index (χ3v) is 3.27. The average molecular weight is 482 g/mol. The number of hydrogen-bond acceptors (Lipinski definition) is 2. The number of guanidine groups is 1. The number of nitrogens with one attached hydrogen (secondary N) is 2. The molecule has 0 aliphatic rings. The van der Waals surface area contributed by atoms with E-state index in [0.717, 1.165) is 16.8 Å². The van der Waals surface area contributed by atoms with Gasteiger partial charge < -0.3 is 15.1 Å². The van der Waals surface area contributed by atoms with Crippen molar-refractivity contribution in [1.82, 2.24) is 10.6 Å². The number of halogens is 3. The van der Waals surface area contributed by atoms with Crippen LogP contribution in [0.4, 0.5) is 4.39 Å². The molecule has 0 aliphatic carbocycles. The van der Waals surface area contributed by atoms with E-state index in [9.17, 15) is 4.39 Å². The maximum absolute atomic E-state index is 13.7. The van der Waals surface area contributed by atoms with Gasteiger partial charge in [0.05, 0.1) is 19.4 Å². The van der Waals surface area contributed by atoms with E-state index >= 15 is 0 Å². The Morgan fingerprint density at radius 2 is 2.14 bits per heavy atom. The van der Waals surface area contributed by atoms with Gasteiger partial charge in [0.2, 0.25) is 0 Å². The predicted octanol–water partition coefficient (Wildman–Crippen LogP) is 4.05. The molecular weight excluding hydrogens is 464 g/mol. The van der Waals surface area contributed by atoms with Crippen LogP contribution < -0.4 is 10.6 Å². The highest BCUT2D eigenvalue weighted by molar-refractivity contribution is 14.0. The Bertz CT molecular complexity index is 605. The van der Waals surface area contributed by atoms with Crippen LogP contribution in [0.25, 0.3) is 0 Å². The van der Waals surface area contributed by atoms with E-state index in [1.54, 1.807) is 18.4 Å². The molecular formula is C15H18BrFIN3O. The molecule has 2 aromatic rings. The lowest BCUT2D eigenvalue weighted by atomic mass is 10.2. The zero-order valence-electron chi connectivity index (χ0n) is 12.1. The summed E-state index contributed by atoms with van der Waals surface area (Å²) in [5.41, 5.74) is 0.549. The Morgan fingerprint density at radius 1 is 1.32 bits per heavy atom. The molecule has 120 valence electrons. The van der Waals surface area contributed by atoms with Gasteiger partial charge in [-0.2, -0.15) is 0 Å². The molecule has 0 saturated heterocycles. The topological polar surface area (TPSA) is 49.6 Å². The molecule has 1 heterocycles. The highest BCUT2D eigenvalue weighted by Gasteiger charge is 2.04. The summed E-state index contributed by atoms with van der Waals surface area (Å²) in [7, 11) is 0. The van der Waals surface area contributed by atoms with Crippen LogP contribution in [0, 0.1) is 5.82 Å². The first kappa shape index (κ1) is 19.0. The largest absolute Gasteiger partial charge is 0.467 e. The molecule has 0 unspecified atom stereocenters. The first-order valence-corrected chi connectivity index (χ1v) is 7.47. The molecule has 2 N–H and O–H groups in total. The van der Waals surface area contributed by atoms with Crippen LogP contribution in [0.15, 0.2) is 50.5 Å². The summed E-state index contributed by atoms with van der Waals surface area (Å²) < 4.78 is 19.7. The minimum Gasteiger partial charge on any atom is -0.467 e. The standard InChI is InChI=1S/C15H17BrFN3O.HI/c1-2-18-15(20-10-13-4-3-7-21-13)19-9-11-5-6-12(16)8-14(11)17;/h3-8H,2,9-10H2,1H3,(H2,18,19,20);1H. The molecule has 0 amide bonds. The number of hydrogen-bond donors (Lipinski definition) is 2. The summed E-state index contributed by atoms with van der Waals surface area (Å²) in [6, 6.07) is 8.67. The van der Waals surface area contributed by atoms with Gasteiger partial charge in [-0.3, -0.25) is 0 Å². The lowest BCUT2D eigenvalue weighted by Gasteiger charge is -2.10. The van der Waals surface area contributed by atoms with Crippen molar-refractivity contribution in [2.75, 3.05) is 6.54 Å². The van der Waals surface area contributed by atoms with Crippen molar-refractivity contribution in [2.45, 2.75) is 20.0 Å². The van der Waals surface area contributed by atoms with Crippen molar-refractivity contribution in [3.8, 4) is 0 Å². The van der Waals surface area contributed by atoms with Gasteiger partial charge in [0.15, 0.2) is 5.96 Å². The van der Waals surface area contributed by atoms with E-state index < -0.39 is 0 Å². The fourth-order valence-corrected chi connectivity index (χ4v) is 2.07.